The summed E-state index contributed by atoms with van der Waals surface area (Å²) in [4.78, 5) is 0. The summed E-state index contributed by atoms with van der Waals surface area (Å²) >= 11 is 0. The molecule has 0 bridgehead atoms. The van der Waals surface area contributed by atoms with Crippen LogP contribution in [0.5, 0.6) is 11.5 Å². The molecule has 1 aliphatic rings. The first-order valence-corrected chi connectivity index (χ1v) is 9.32. The number of benzene rings is 1. The van der Waals surface area contributed by atoms with Crippen LogP contribution < -0.4 is 0 Å². The van der Waals surface area contributed by atoms with Crippen LogP contribution in [0.3, 0.4) is 0 Å². The lowest BCUT2D eigenvalue weighted by Gasteiger charge is -2.22. The first kappa shape index (κ1) is 24.6. The topological polar surface area (TPSA) is 40.5 Å². The van der Waals surface area contributed by atoms with Gasteiger partial charge in [-0.15, -0.1) is 6.58 Å². The molecule has 2 heteroatoms. The lowest BCUT2D eigenvalue weighted by Crippen LogP contribution is -2.03. The Morgan fingerprint density at radius 2 is 1.58 bits per heavy atom. The summed E-state index contributed by atoms with van der Waals surface area (Å²) in [6.45, 7) is 17.4. The standard InChI is InChI=1S/C15H20O2.C3H6.2C2H6/c1-3-11-8-13(16)15(14(17)9-11)12-6-4-5-10(2)7-12;1-3-2;2*1-2/h7-9,12,16-17H,3-6H2,1-2H3;3H,1H2,2H3;2*1-2H3. The van der Waals surface area contributed by atoms with Crippen molar-refractivity contribution in [3.8, 4) is 11.5 Å². The summed E-state index contributed by atoms with van der Waals surface area (Å²) in [5.41, 5.74) is 3.01. The first-order valence-electron chi connectivity index (χ1n) is 9.32. The average Bonchev–Trinajstić information content (AvgIpc) is 2.58. The molecule has 0 aromatic heterocycles. The van der Waals surface area contributed by atoms with Crippen LogP contribution in [0.25, 0.3) is 0 Å². The quantitative estimate of drug-likeness (QED) is 0.565. The number of rotatable bonds is 2. The van der Waals surface area contributed by atoms with Gasteiger partial charge in [0.1, 0.15) is 11.5 Å². The molecule has 1 aliphatic carbocycles. The number of hydrogen-bond acceptors (Lipinski definition) is 2. The number of aromatic hydroxyl groups is 2. The predicted molar refractivity (Wildman–Crippen MR) is 108 cm³/mol. The summed E-state index contributed by atoms with van der Waals surface area (Å²) in [6.07, 6.45) is 8.00. The second-order valence-electron chi connectivity index (χ2n) is 5.32. The maximum absolute atomic E-state index is 10.1. The SMILES string of the molecule is C=CC.CC.CC.CCc1cc(O)c(C2C=C(C)CCC2)c(O)c1. The third-order valence-electron chi connectivity index (χ3n) is 3.55. The Hall–Kier alpha value is -1.70. The maximum atomic E-state index is 10.1. The lowest BCUT2D eigenvalue weighted by atomic mass is 9.84. The molecule has 0 saturated carbocycles. The second-order valence-corrected chi connectivity index (χ2v) is 5.32. The fraction of sp³-hybridized carbons (Fsp3) is 0.545. The minimum Gasteiger partial charge on any atom is -0.507 e. The van der Waals surface area contributed by atoms with E-state index in [2.05, 4.69) is 19.6 Å². The van der Waals surface area contributed by atoms with E-state index in [0.29, 0.717) is 5.56 Å². The number of hydrogen-bond donors (Lipinski definition) is 2. The van der Waals surface area contributed by atoms with Crippen molar-refractivity contribution in [1.82, 2.24) is 0 Å². The van der Waals surface area contributed by atoms with Crippen LogP contribution in [0.4, 0.5) is 0 Å². The molecule has 1 atom stereocenters. The summed E-state index contributed by atoms with van der Waals surface area (Å²) < 4.78 is 0. The highest BCUT2D eigenvalue weighted by Gasteiger charge is 2.20. The van der Waals surface area contributed by atoms with Gasteiger partial charge in [0.2, 0.25) is 0 Å². The van der Waals surface area contributed by atoms with E-state index in [4.69, 9.17) is 0 Å². The molecule has 0 heterocycles. The van der Waals surface area contributed by atoms with Crippen LogP contribution in [-0.2, 0) is 6.42 Å². The second kappa shape index (κ2) is 14.9. The fourth-order valence-electron chi connectivity index (χ4n) is 2.60. The average molecular weight is 335 g/mol. The zero-order valence-corrected chi connectivity index (χ0v) is 16.8. The molecule has 1 aromatic rings. The molecule has 24 heavy (non-hydrogen) atoms. The van der Waals surface area contributed by atoms with Gasteiger partial charge in [-0.2, -0.15) is 0 Å². The molecule has 0 aliphatic heterocycles. The number of aryl methyl sites for hydroxylation is 1. The molecule has 0 radical (unpaired) electrons. The van der Waals surface area contributed by atoms with E-state index < -0.39 is 0 Å². The van der Waals surface area contributed by atoms with Crippen molar-refractivity contribution in [2.45, 2.75) is 80.1 Å². The van der Waals surface area contributed by atoms with Crippen molar-refractivity contribution in [2.24, 2.45) is 0 Å². The van der Waals surface area contributed by atoms with E-state index in [1.807, 2.05) is 41.5 Å². The van der Waals surface area contributed by atoms with Gasteiger partial charge in [-0.25, -0.2) is 0 Å². The lowest BCUT2D eigenvalue weighted by molar-refractivity contribution is 0.427. The normalized spacial score (nSPS) is 15.3. The molecule has 1 unspecified atom stereocenters. The number of allylic oxidation sites excluding steroid dienone is 3. The predicted octanol–water partition coefficient (Wildman–Crippen LogP) is 7.12. The minimum absolute atomic E-state index is 0.162. The van der Waals surface area contributed by atoms with Gasteiger partial charge in [0.15, 0.2) is 0 Å². The largest absolute Gasteiger partial charge is 0.507 e. The zero-order chi connectivity index (χ0) is 19.1. The fourth-order valence-corrected chi connectivity index (χ4v) is 2.60. The molecule has 0 saturated heterocycles. The van der Waals surface area contributed by atoms with Gasteiger partial charge < -0.3 is 10.2 Å². The Balaban J connectivity index is 0. The summed E-state index contributed by atoms with van der Waals surface area (Å²) in [5, 5.41) is 20.1. The highest BCUT2D eigenvalue weighted by Crippen LogP contribution is 2.41. The van der Waals surface area contributed by atoms with Crippen LogP contribution in [0.1, 0.15) is 84.8 Å². The molecule has 2 nitrogen and oxygen atoms in total. The molecule has 0 spiro atoms. The van der Waals surface area contributed by atoms with E-state index in [1.165, 1.54) is 5.57 Å². The van der Waals surface area contributed by atoms with Crippen LogP contribution in [-0.4, -0.2) is 10.2 Å². The maximum Gasteiger partial charge on any atom is 0.123 e. The van der Waals surface area contributed by atoms with E-state index in [1.54, 1.807) is 18.2 Å². The van der Waals surface area contributed by atoms with Gasteiger partial charge in [-0.1, -0.05) is 52.3 Å². The molecule has 138 valence electrons. The van der Waals surface area contributed by atoms with Crippen molar-refractivity contribution < 1.29 is 10.2 Å². The third-order valence-corrected chi connectivity index (χ3v) is 3.55. The third kappa shape index (κ3) is 8.24. The highest BCUT2D eigenvalue weighted by molar-refractivity contribution is 5.50. The molecular weight excluding hydrogens is 296 g/mol. The monoisotopic (exact) mass is 334 g/mol. The molecule has 0 fully saturated rings. The van der Waals surface area contributed by atoms with E-state index in [0.717, 1.165) is 31.2 Å². The van der Waals surface area contributed by atoms with Gasteiger partial charge >= 0.3 is 0 Å². The Morgan fingerprint density at radius 1 is 1.12 bits per heavy atom. The molecule has 2 N–H and O–H groups in total. The summed E-state index contributed by atoms with van der Waals surface area (Å²) in [6, 6.07) is 3.54. The van der Waals surface area contributed by atoms with Crippen LogP contribution >= 0.6 is 0 Å². The molecule has 1 aromatic carbocycles. The van der Waals surface area contributed by atoms with E-state index >= 15 is 0 Å². The van der Waals surface area contributed by atoms with Crippen LogP contribution in [0.2, 0.25) is 0 Å². The van der Waals surface area contributed by atoms with Gasteiger partial charge in [-0.3, -0.25) is 0 Å². The Labute approximate surface area is 149 Å². The van der Waals surface area contributed by atoms with E-state index in [9.17, 15) is 10.2 Å². The first-order chi connectivity index (χ1) is 11.5. The summed E-state index contributed by atoms with van der Waals surface area (Å²) in [5.74, 6) is 0.630. The van der Waals surface area contributed by atoms with Crippen molar-refractivity contribution in [2.75, 3.05) is 0 Å². The van der Waals surface area contributed by atoms with Gasteiger partial charge in [0.05, 0.1) is 0 Å². The Bertz CT molecular complexity index is 464. The van der Waals surface area contributed by atoms with Crippen LogP contribution in [0.15, 0.2) is 36.4 Å². The smallest absolute Gasteiger partial charge is 0.123 e. The summed E-state index contributed by atoms with van der Waals surface area (Å²) in [7, 11) is 0. The van der Waals surface area contributed by atoms with Crippen molar-refractivity contribution in [3.05, 3.63) is 47.6 Å². The molecular formula is C22H38O2. The number of phenols is 2. The number of phenolic OH excluding ortho intramolecular Hbond substituents is 2. The zero-order valence-electron chi connectivity index (χ0n) is 16.8. The Kier molecular flexibility index (Phi) is 15.2. The van der Waals surface area contributed by atoms with Gasteiger partial charge in [0, 0.05) is 11.5 Å². The Morgan fingerprint density at radius 3 is 1.96 bits per heavy atom. The minimum atomic E-state index is 0.162. The van der Waals surface area contributed by atoms with Crippen molar-refractivity contribution in [3.63, 3.8) is 0 Å². The van der Waals surface area contributed by atoms with Gasteiger partial charge in [-0.05, 0) is 57.2 Å². The van der Waals surface area contributed by atoms with Gasteiger partial charge in [0.25, 0.3) is 0 Å². The molecule has 2 rings (SSSR count). The van der Waals surface area contributed by atoms with Crippen LogP contribution in [0, 0.1) is 0 Å². The molecule has 0 amide bonds. The van der Waals surface area contributed by atoms with E-state index in [-0.39, 0.29) is 17.4 Å². The van der Waals surface area contributed by atoms with Crippen molar-refractivity contribution >= 4 is 0 Å². The highest BCUT2D eigenvalue weighted by atomic mass is 16.3. The van der Waals surface area contributed by atoms with Crippen molar-refractivity contribution in [1.29, 1.82) is 0 Å².